The first-order chi connectivity index (χ1) is 16.7. The second-order valence-corrected chi connectivity index (χ2v) is 8.93. The maximum atomic E-state index is 13.0. The number of nitrogens with zero attached hydrogens (tertiary/aromatic N) is 5. The number of thioether (sulfide) groups is 1. The Balaban J connectivity index is 1.30. The lowest BCUT2D eigenvalue weighted by Crippen LogP contribution is -2.49. The van der Waals surface area contributed by atoms with E-state index >= 15 is 0 Å². The third-order valence-electron chi connectivity index (χ3n) is 5.87. The van der Waals surface area contributed by atoms with Gasteiger partial charge in [0, 0.05) is 37.6 Å². The van der Waals surface area contributed by atoms with Crippen LogP contribution in [0.2, 0.25) is 0 Å². The van der Waals surface area contributed by atoms with Crippen LogP contribution < -0.4 is 4.90 Å². The van der Waals surface area contributed by atoms with Crippen molar-refractivity contribution in [3.8, 4) is 22.8 Å². The summed E-state index contributed by atoms with van der Waals surface area (Å²) in [6.07, 6.45) is 0. The molecule has 0 spiro atoms. The molecule has 1 N–H and O–H groups in total. The Bertz CT molecular complexity index is 1250. The standard InChI is InChI=1S/C26H25N5O2S/c32-23-14-8-7-13-22(23)25-27-28-26(31(25)21-11-5-2-6-12-21)34-19-24(33)30-17-15-29(16-18-30)20-9-3-1-4-10-20/h1-14,32H,15-19H2. The summed E-state index contributed by atoms with van der Waals surface area (Å²) in [5, 5.41) is 19.7. The highest BCUT2D eigenvalue weighted by Gasteiger charge is 2.23. The number of aromatic hydroxyl groups is 1. The lowest BCUT2D eigenvalue weighted by atomic mass is 10.2. The van der Waals surface area contributed by atoms with E-state index in [9.17, 15) is 9.90 Å². The average molecular weight is 472 g/mol. The lowest BCUT2D eigenvalue weighted by molar-refractivity contribution is -0.128. The van der Waals surface area contributed by atoms with Crippen molar-refractivity contribution in [2.75, 3.05) is 36.8 Å². The highest BCUT2D eigenvalue weighted by atomic mass is 32.2. The molecule has 1 amide bonds. The molecular weight excluding hydrogens is 446 g/mol. The maximum absolute atomic E-state index is 13.0. The van der Waals surface area contributed by atoms with Gasteiger partial charge in [-0.05, 0) is 36.4 Å². The maximum Gasteiger partial charge on any atom is 0.233 e. The topological polar surface area (TPSA) is 74.5 Å². The number of amides is 1. The first-order valence-corrected chi connectivity index (χ1v) is 12.2. The number of hydrogen-bond donors (Lipinski definition) is 1. The Morgan fingerprint density at radius 1 is 0.794 bits per heavy atom. The van der Waals surface area contributed by atoms with Crippen molar-refractivity contribution < 1.29 is 9.90 Å². The van der Waals surface area contributed by atoms with Gasteiger partial charge in [-0.1, -0.05) is 60.3 Å². The van der Waals surface area contributed by atoms with E-state index in [-0.39, 0.29) is 17.4 Å². The van der Waals surface area contributed by atoms with Crippen LogP contribution in [0.3, 0.4) is 0 Å². The third-order valence-corrected chi connectivity index (χ3v) is 6.78. The van der Waals surface area contributed by atoms with Crippen LogP contribution in [0.5, 0.6) is 5.75 Å². The molecule has 0 radical (unpaired) electrons. The second-order valence-electron chi connectivity index (χ2n) is 7.99. The van der Waals surface area contributed by atoms with Gasteiger partial charge in [-0.3, -0.25) is 9.36 Å². The number of anilines is 1. The third kappa shape index (κ3) is 4.63. The van der Waals surface area contributed by atoms with Crippen molar-refractivity contribution in [3.05, 3.63) is 84.9 Å². The number of aromatic nitrogens is 3. The van der Waals surface area contributed by atoms with Crippen LogP contribution in [0.1, 0.15) is 0 Å². The van der Waals surface area contributed by atoms with Gasteiger partial charge in [0.2, 0.25) is 5.91 Å². The van der Waals surface area contributed by atoms with E-state index in [0.717, 1.165) is 18.8 Å². The van der Waals surface area contributed by atoms with Crippen LogP contribution in [-0.2, 0) is 4.79 Å². The van der Waals surface area contributed by atoms with Crippen molar-refractivity contribution in [2.45, 2.75) is 5.16 Å². The molecule has 1 saturated heterocycles. The quantitative estimate of drug-likeness (QED) is 0.427. The monoisotopic (exact) mass is 471 g/mol. The summed E-state index contributed by atoms with van der Waals surface area (Å²) in [5.74, 6) is 1.04. The minimum Gasteiger partial charge on any atom is -0.507 e. The first kappa shape index (κ1) is 22.0. The van der Waals surface area contributed by atoms with Crippen LogP contribution in [0.15, 0.2) is 90.1 Å². The van der Waals surface area contributed by atoms with E-state index in [1.807, 2.05) is 70.1 Å². The molecule has 0 atom stereocenters. The van der Waals surface area contributed by atoms with Crippen molar-refractivity contribution >= 4 is 23.4 Å². The van der Waals surface area contributed by atoms with E-state index in [1.54, 1.807) is 12.1 Å². The van der Waals surface area contributed by atoms with Gasteiger partial charge in [0.15, 0.2) is 11.0 Å². The van der Waals surface area contributed by atoms with Crippen molar-refractivity contribution in [1.82, 2.24) is 19.7 Å². The number of benzene rings is 3. The van der Waals surface area contributed by atoms with Gasteiger partial charge in [-0.15, -0.1) is 10.2 Å². The molecule has 172 valence electrons. The molecule has 3 aromatic carbocycles. The Kier molecular flexibility index (Phi) is 6.49. The Morgan fingerprint density at radius 2 is 1.41 bits per heavy atom. The molecule has 0 bridgehead atoms. The molecule has 8 heteroatoms. The van der Waals surface area contributed by atoms with Crippen molar-refractivity contribution in [2.24, 2.45) is 0 Å². The summed E-state index contributed by atoms with van der Waals surface area (Å²) in [6.45, 7) is 3.03. The average Bonchev–Trinajstić information content (AvgIpc) is 3.32. The molecule has 0 saturated carbocycles. The molecule has 2 heterocycles. The largest absolute Gasteiger partial charge is 0.507 e. The Labute approximate surface area is 202 Å². The summed E-state index contributed by atoms with van der Waals surface area (Å²) < 4.78 is 1.89. The number of piperazine rings is 1. The minimum atomic E-state index is 0.0874. The van der Waals surface area contributed by atoms with Crippen LogP contribution in [0.25, 0.3) is 17.1 Å². The number of para-hydroxylation sites is 3. The van der Waals surface area contributed by atoms with Gasteiger partial charge in [-0.2, -0.15) is 0 Å². The molecule has 34 heavy (non-hydrogen) atoms. The Morgan fingerprint density at radius 3 is 2.09 bits per heavy atom. The number of carbonyl (C=O) groups is 1. The van der Waals surface area contributed by atoms with Crippen molar-refractivity contribution in [3.63, 3.8) is 0 Å². The number of phenols is 1. The fourth-order valence-corrected chi connectivity index (χ4v) is 4.94. The highest BCUT2D eigenvalue weighted by molar-refractivity contribution is 7.99. The summed E-state index contributed by atoms with van der Waals surface area (Å²) >= 11 is 1.37. The highest BCUT2D eigenvalue weighted by Crippen LogP contribution is 2.32. The fraction of sp³-hybridized carbons (Fsp3) is 0.192. The zero-order valence-corrected chi connectivity index (χ0v) is 19.4. The molecule has 5 rings (SSSR count). The number of phenolic OH excluding ortho intramolecular Hbond substituents is 1. The van der Waals surface area contributed by atoms with Gasteiger partial charge in [0.25, 0.3) is 0 Å². The van der Waals surface area contributed by atoms with Crippen LogP contribution in [0, 0.1) is 0 Å². The van der Waals surface area contributed by atoms with Gasteiger partial charge < -0.3 is 14.9 Å². The van der Waals surface area contributed by atoms with Crippen LogP contribution in [-0.4, -0.2) is 62.6 Å². The summed E-state index contributed by atoms with van der Waals surface area (Å²) in [4.78, 5) is 17.2. The molecule has 1 aromatic heterocycles. The molecule has 1 aliphatic rings. The van der Waals surface area contributed by atoms with Gasteiger partial charge in [-0.25, -0.2) is 0 Å². The molecule has 0 unspecified atom stereocenters. The number of carbonyl (C=O) groups excluding carboxylic acids is 1. The van der Waals surface area contributed by atoms with E-state index in [2.05, 4.69) is 27.2 Å². The van der Waals surface area contributed by atoms with Gasteiger partial charge in [0.1, 0.15) is 5.75 Å². The summed E-state index contributed by atoms with van der Waals surface area (Å²) in [7, 11) is 0. The predicted octanol–water partition coefficient (Wildman–Crippen LogP) is 4.08. The molecule has 7 nitrogen and oxygen atoms in total. The number of rotatable bonds is 6. The first-order valence-electron chi connectivity index (χ1n) is 11.2. The zero-order chi connectivity index (χ0) is 23.3. The molecule has 4 aromatic rings. The lowest BCUT2D eigenvalue weighted by Gasteiger charge is -2.36. The van der Waals surface area contributed by atoms with E-state index < -0.39 is 0 Å². The normalized spacial score (nSPS) is 13.8. The number of hydrogen-bond acceptors (Lipinski definition) is 6. The van der Waals surface area contributed by atoms with E-state index in [4.69, 9.17) is 0 Å². The molecule has 0 aliphatic carbocycles. The smallest absolute Gasteiger partial charge is 0.233 e. The van der Waals surface area contributed by atoms with E-state index in [1.165, 1.54) is 17.4 Å². The fourth-order valence-electron chi connectivity index (χ4n) is 4.08. The van der Waals surface area contributed by atoms with Crippen molar-refractivity contribution in [1.29, 1.82) is 0 Å². The summed E-state index contributed by atoms with van der Waals surface area (Å²) in [5.41, 5.74) is 2.66. The second kappa shape index (κ2) is 10.0. The SMILES string of the molecule is O=C(CSc1nnc(-c2ccccc2O)n1-c1ccccc1)N1CCN(c2ccccc2)CC1. The zero-order valence-electron chi connectivity index (χ0n) is 18.6. The summed E-state index contributed by atoms with van der Waals surface area (Å²) in [6, 6.07) is 27.1. The van der Waals surface area contributed by atoms with Crippen LogP contribution >= 0.6 is 11.8 Å². The molecule has 1 fully saturated rings. The molecular formula is C26H25N5O2S. The minimum absolute atomic E-state index is 0.0874. The predicted molar refractivity (Wildman–Crippen MR) is 134 cm³/mol. The van der Waals surface area contributed by atoms with Gasteiger partial charge in [0.05, 0.1) is 11.3 Å². The Hall–Kier alpha value is -3.78. The molecule has 1 aliphatic heterocycles. The van der Waals surface area contributed by atoms with E-state index in [0.29, 0.717) is 29.6 Å². The van der Waals surface area contributed by atoms with Crippen LogP contribution in [0.4, 0.5) is 5.69 Å². The van der Waals surface area contributed by atoms with Gasteiger partial charge >= 0.3 is 0 Å².